The van der Waals surface area contributed by atoms with Crippen molar-refractivity contribution in [3.8, 4) is 10.7 Å². The zero-order valence-electron chi connectivity index (χ0n) is 20.9. The highest BCUT2D eigenvalue weighted by Crippen LogP contribution is 2.53. The number of amides is 1. The van der Waals surface area contributed by atoms with Gasteiger partial charge in [-0.15, -0.1) is 22.7 Å². The van der Waals surface area contributed by atoms with E-state index in [2.05, 4.69) is 36.1 Å². The number of para-hydroxylation sites is 1. The molecule has 10 heteroatoms. The molecule has 7 nitrogen and oxygen atoms in total. The lowest BCUT2D eigenvalue weighted by Crippen LogP contribution is -2.37. The van der Waals surface area contributed by atoms with Crippen molar-refractivity contribution in [2.45, 2.75) is 51.0 Å². The second-order valence-electron chi connectivity index (χ2n) is 11.3. The van der Waals surface area contributed by atoms with Crippen molar-refractivity contribution in [2.24, 2.45) is 10.8 Å². The van der Waals surface area contributed by atoms with Gasteiger partial charge < -0.3 is 0 Å². The number of hydrogen-bond acceptors (Lipinski definition) is 7. The summed E-state index contributed by atoms with van der Waals surface area (Å²) < 4.78 is 29.8. The standard InChI is InChI=1S/C27H28N4O3S3/c1-26(2)12-18-13-27(3,15-26)16-31(18)37(33,34)19-10-8-17(9-11-19)23(32)30-25-29-21(14-35-25)24-28-20-6-4-5-7-22(20)36-24/h4-11,14,18H,12-13,15-16H2,1-3H3,(H,29,30,32)/t18-,27+/m0/s1. The molecule has 6 rings (SSSR count). The van der Waals surface area contributed by atoms with Crippen molar-refractivity contribution in [2.75, 3.05) is 11.9 Å². The molecule has 0 radical (unpaired) electrons. The zero-order chi connectivity index (χ0) is 26.0. The number of hydrogen-bond donors (Lipinski definition) is 1. The van der Waals surface area contributed by atoms with Crippen LogP contribution in [-0.4, -0.2) is 41.2 Å². The summed E-state index contributed by atoms with van der Waals surface area (Å²) in [6.07, 6.45) is 2.80. The van der Waals surface area contributed by atoms with Crippen LogP contribution >= 0.6 is 22.7 Å². The average Bonchev–Trinajstić information content (AvgIpc) is 3.54. The van der Waals surface area contributed by atoms with E-state index in [1.807, 2.05) is 29.6 Å². The van der Waals surface area contributed by atoms with Crippen molar-refractivity contribution >= 4 is 54.0 Å². The van der Waals surface area contributed by atoms with E-state index >= 15 is 0 Å². The van der Waals surface area contributed by atoms with Crippen LogP contribution in [0.2, 0.25) is 0 Å². The highest BCUT2D eigenvalue weighted by Gasteiger charge is 2.53. The molecule has 192 valence electrons. The topological polar surface area (TPSA) is 92.3 Å². The lowest BCUT2D eigenvalue weighted by Gasteiger charge is -2.39. The molecule has 4 aromatic rings. The van der Waals surface area contributed by atoms with Crippen molar-refractivity contribution in [3.05, 3.63) is 59.5 Å². The summed E-state index contributed by atoms with van der Waals surface area (Å²) in [6.45, 7) is 7.20. The Balaban J connectivity index is 1.16. The van der Waals surface area contributed by atoms with Gasteiger partial charge in [-0.05, 0) is 66.5 Å². The van der Waals surface area contributed by atoms with E-state index in [1.165, 1.54) is 23.5 Å². The maximum atomic E-state index is 13.5. The second-order valence-corrected chi connectivity index (χ2v) is 15.0. The Morgan fingerprint density at radius 2 is 1.81 bits per heavy atom. The summed E-state index contributed by atoms with van der Waals surface area (Å²) in [5, 5.41) is 5.97. The summed E-state index contributed by atoms with van der Waals surface area (Å²) in [5.41, 5.74) is 2.16. The number of nitrogens with zero attached hydrogens (tertiary/aromatic N) is 3. The molecule has 1 amide bonds. The summed E-state index contributed by atoms with van der Waals surface area (Å²) in [5.74, 6) is -0.333. The van der Waals surface area contributed by atoms with Gasteiger partial charge in [-0.1, -0.05) is 32.9 Å². The van der Waals surface area contributed by atoms with E-state index in [0.29, 0.717) is 17.2 Å². The van der Waals surface area contributed by atoms with Crippen LogP contribution in [0.5, 0.6) is 0 Å². The zero-order valence-corrected chi connectivity index (χ0v) is 23.3. The van der Waals surface area contributed by atoms with E-state index in [1.54, 1.807) is 27.8 Å². The molecule has 2 bridgehead atoms. The van der Waals surface area contributed by atoms with Crippen molar-refractivity contribution in [1.82, 2.24) is 14.3 Å². The predicted molar refractivity (Wildman–Crippen MR) is 149 cm³/mol. The van der Waals surface area contributed by atoms with E-state index in [4.69, 9.17) is 0 Å². The Morgan fingerprint density at radius 1 is 1.05 bits per heavy atom. The van der Waals surface area contributed by atoms with Gasteiger partial charge in [-0.25, -0.2) is 18.4 Å². The predicted octanol–water partition coefficient (Wildman–Crippen LogP) is 6.26. The minimum absolute atomic E-state index is 0.0111. The van der Waals surface area contributed by atoms with Crippen LogP contribution in [-0.2, 0) is 10.0 Å². The Kier molecular flexibility index (Phi) is 5.79. The van der Waals surface area contributed by atoms with Crippen molar-refractivity contribution in [3.63, 3.8) is 0 Å². The minimum Gasteiger partial charge on any atom is -0.298 e. The smallest absolute Gasteiger partial charge is 0.257 e. The van der Waals surface area contributed by atoms with Crippen LogP contribution in [0.25, 0.3) is 20.9 Å². The minimum atomic E-state index is -3.64. The van der Waals surface area contributed by atoms with Gasteiger partial charge in [-0.2, -0.15) is 4.31 Å². The lowest BCUT2D eigenvalue weighted by molar-refractivity contribution is 0.102. The fourth-order valence-corrected chi connectivity index (χ4v) is 9.65. The van der Waals surface area contributed by atoms with Gasteiger partial charge in [0.15, 0.2) is 5.13 Å². The van der Waals surface area contributed by atoms with Gasteiger partial charge in [0.1, 0.15) is 10.7 Å². The van der Waals surface area contributed by atoms with Crippen LogP contribution in [0.3, 0.4) is 0 Å². The first kappa shape index (κ1) is 24.7. The third-order valence-electron chi connectivity index (χ3n) is 7.33. The Morgan fingerprint density at radius 3 is 2.57 bits per heavy atom. The summed E-state index contributed by atoms with van der Waals surface area (Å²) in [4.78, 5) is 22.2. The van der Waals surface area contributed by atoms with Gasteiger partial charge >= 0.3 is 0 Å². The monoisotopic (exact) mass is 552 g/mol. The van der Waals surface area contributed by atoms with Gasteiger partial charge in [0.2, 0.25) is 10.0 Å². The maximum Gasteiger partial charge on any atom is 0.257 e. The van der Waals surface area contributed by atoms with E-state index in [-0.39, 0.29) is 27.7 Å². The molecule has 1 aliphatic carbocycles. The Bertz CT molecular complexity index is 1570. The molecule has 0 spiro atoms. The SMILES string of the molecule is CC1(C)C[C@H]2C[C@@](C)(CN2S(=O)(=O)c2ccc(C(=O)Nc3nc(-c4nc5ccccc5s4)cs3)cc2)C1. The van der Waals surface area contributed by atoms with Crippen LogP contribution in [0.4, 0.5) is 5.13 Å². The van der Waals surface area contributed by atoms with Gasteiger partial charge in [0.05, 0.1) is 15.1 Å². The number of carbonyl (C=O) groups is 1. The van der Waals surface area contributed by atoms with Crippen LogP contribution in [0.1, 0.15) is 50.4 Å². The number of aromatic nitrogens is 2. The molecule has 2 aromatic carbocycles. The third kappa shape index (κ3) is 4.60. The molecule has 1 saturated heterocycles. The first-order valence-corrected chi connectivity index (χ1v) is 15.4. The van der Waals surface area contributed by atoms with Crippen LogP contribution in [0.15, 0.2) is 58.8 Å². The molecule has 1 saturated carbocycles. The molecule has 1 N–H and O–H groups in total. The summed E-state index contributed by atoms with van der Waals surface area (Å²) in [7, 11) is -3.64. The molecule has 1 aliphatic heterocycles. The highest BCUT2D eigenvalue weighted by molar-refractivity contribution is 7.89. The Labute approximate surface area is 224 Å². The molecular formula is C27H28N4O3S3. The molecule has 3 heterocycles. The molecule has 2 atom stereocenters. The quantitative estimate of drug-likeness (QED) is 0.315. The number of fused-ring (bicyclic) bond motifs is 3. The van der Waals surface area contributed by atoms with Crippen LogP contribution in [0, 0.1) is 10.8 Å². The number of benzene rings is 2. The van der Waals surface area contributed by atoms with E-state index in [9.17, 15) is 13.2 Å². The Hall–Kier alpha value is -2.66. The summed E-state index contributed by atoms with van der Waals surface area (Å²) >= 11 is 2.89. The highest BCUT2D eigenvalue weighted by atomic mass is 32.2. The normalized spacial score (nSPS) is 23.4. The molecule has 2 fully saturated rings. The average molecular weight is 553 g/mol. The van der Waals surface area contributed by atoms with Gasteiger partial charge in [0, 0.05) is 23.5 Å². The number of anilines is 1. The fourth-order valence-electron chi connectivity index (χ4n) is 6.18. The fraction of sp³-hybridized carbons (Fsp3) is 0.370. The van der Waals surface area contributed by atoms with Crippen LogP contribution < -0.4 is 5.32 Å². The molecule has 2 aliphatic rings. The molecule has 37 heavy (non-hydrogen) atoms. The number of sulfonamides is 1. The number of thiazole rings is 2. The number of rotatable bonds is 5. The van der Waals surface area contributed by atoms with Crippen molar-refractivity contribution in [1.29, 1.82) is 0 Å². The van der Waals surface area contributed by atoms with Gasteiger partial charge in [0.25, 0.3) is 5.91 Å². The maximum absolute atomic E-state index is 13.5. The molecular weight excluding hydrogens is 525 g/mol. The lowest BCUT2D eigenvalue weighted by atomic mass is 9.65. The second kappa shape index (κ2) is 8.69. The number of nitrogens with one attached hydrogen (secondary N) is 1. The van der Waals surface area contributed by atoms with Crippen molar-refractivity contribution < 1.29 is 13.2 Å². The molecule has 0 unspecified atom stereocenters. The first-order chi connectivity index (χ1) is 17.5. The number of carbonyl (C=O) groups excluding carboxylic acids is 1. The molecule has 2 aromatic heterocycles. The third-order valence-corrected chi connectivity index (χ3v) is 11.1. The van der Waals surface area contributed by atoms with E-state index < -0.39 is 10.0 Å². The first-order valence-electron chi connectivity index (χ1n) is 12.3. The van der Waals surface area contributed by atoms with Gasteiger partial charge in [-0.3, -0.25) is 10.1 Å². The largest absolute Gasteiger partial charge is 0.298 e. The summed E-state index contributed by atoms with van der Waals surface area (Å²) in [6, 6.07) is 14.1. The van der Waals surface area contributed by atoms with E-state index in [0.717, 1.165) is 40.2 Å².